The van der Waals surface area contributed by atoms with E-state index in [1.165, 1.54) is 0 Å². The molecule has 1 aromatic carbocycles. The maximum absolute atomic E-state index is 9.04. The smallest absolute Gasteiger partial charge is 0.122 e. The second-order valence-corrected chi connectivity index (χ2v) is 3.88. The fourth-order valence-electron chi connectivity index (χ4n) is 0.660. The van der Waals surface area contributed by atoms with Crippen molar-refractivity contribution in [3.63, 3.8) is 0 Å². The van der Waals surface area contributed by atoms with Gasteiger partial charge in [-0.25, -0.2) is 0 Å². The Kier molecular flexibility index (Phi) is 6.10. The first-order valence-corrected chi connectivity index (χ1v) is 6.99. The van der Waals surface area contributed by atoms with Gasteiger partial charge in [0.2, 0.25) is 0 Å². The molecule has 0 bridgehead atoms. The summed E-state index contributed by atoms with van der Waals surface area (Å²) in [6.07, 6.45) is 1.62. The van der Waals surface area contributed by atoms with Crippen LogP contribution in [0.1, 0.15) is 5.56 Å². The number of hydrogen-bond acceptors (Lipinski definition) is 1. The van der Waals surface area contributed by atoms with Gasteiger partial charge in [0, 0.05) is 15.1 Å². The number of benzene rings is 1. The van der Waals surface area contributed by atoms with E-state index in [2.05, 4.69) is 19.7 Å². The molecule has 2 heteroatoms. The van der Waals surface area contributed by atoms with E-state index in [0.29, 0.717) is 9.52 Å². The largest absolute Gasteiger partial charge is 0.507 e. The molecule has 0 saturated carbocycles. The summed E-state index contributed by atoms with van der Waals surface area (Å²) in [7, 11) is 0.417. The van der Waals surface area contributed by atoms with Crippen molar-refractivity contribution in [2.45, 2.75) is 13.1 Å². The summed E-state index contributed by atoms with van der Waals surface area (Å²) in [6.45, 7) is 8.06. The van der Waals surface area contributed by atoms with Crippen molar-refractivity contribution in [2.75, 3.05) is 0 Å². The monoisotopic (exact) mass is 180 g/mol. The first-order chi connectivity index (χ1) is 5.76. The summed E-state index contributed by atoms with van der Waals surface area (Å²) >= 11 is 0. The molecular weight excluding hydrogens is 164 g/mol. The van der Waals surface area contributed by atoms with Gasteiger partial charge in [0.05, 0.1) is 0 Å². The van der Waals surface area contributed by atoms with E-state index in [0.717, 1.165) is 5.56 Å². The minimum Gasteiger partial charge on any atom is -0.507 e. The van der Waals surface area contributed by atoms with Crippen molar-refractivity contribution in [1.82, 2.24) is 0 Å². The molecule has 0 aliphatic carbocycles. The van der Waals surface area contributed by atoms with Crippen LogP contribution in [0.2, 0.25) is 13.1 Å². The van der Waals surface area contributed by atoms with Crippen LogP contribution in [0.5, 0.6) is 5.75 Å². The lowest BCUT2D eigenvalue weighted by Gasteiger charge is -1.93. The van der Waals surface area contributed by atoms with E-state index in [1.807, 2.05) is 12.1 Å². The normalized spacial score (nSPS) is 8.17. The van der Waals surface area contributed by atoms with Crippen LogP contribution in [0.15, 0.2) is 30.8 Å². The third-order valence-electron chi connectivity index (χ3n) is 1.16. The molecule has 0 aliphatic rings. The van der Waals surface area contributed by atoms with Gasteiger partial charge < -0.3 is 5.11 Å². The minimum absolute atomic E-state index is 0.285. The van der Waals surface area contributed by atoms with Crippen LogP contribution in [-0.4, -0.2) is 14.6 Å². The molecule has 0 atom stereocenters. The van der Waals surface area contributed by atoms with E-state index in [1.54, 1.807) is 18.2 Å². The molecule has 0 radical (unpaired) electrons. The first kappa shape index (κ1) is 11.0. The van der Waals surface area contributed by atoms with Crippen LogP contribution < -0.4 is 0 Å². The molecule has 12 heavy (non-hydrogen) atoms. The summed E-state index contributed by atoms with van der Waals surface area (Å²) in [5.74, 6) is 0.285. The molecule has 1 aromatic rings. The molecule has 1 nitrogen and oxygen atoms in total. The molecule has 0 spiro atoms. The Balaban J connectivity index is 0.000000354. The van der Waals surface area contributed by atoms with Gasteiger partial charge >= 0.3 is 0 Å². The summed E-state index contributed by atoms with van der Waals surface area (Å²) in [5, 5.41) is 9.04. The predicted octanol–water partition coefficient (Wildman–Crippen LogP) is 2.29. The van der Waals surface area contributed by atoms with E-state index >= 15 is 0 Å². The summed E-state index contributed by atoms with van der Waals surface area (Å²) in [6, 6.07) is 7.08. The molecule has 0 heterocycles. The summed E-state index contributed by atoms with van der Waals surface area (Å²) < 4.78 is 0. The van der Waals surface area contributed by atoms with Crippen molar-refractivity contribution in [3.05, 3.63) is 36.4 Å². The number of phenolic OH excluding ortho intramolecular Hbond substituents is 1. The van der Waals surface area contributed by atoms with Crippen LogP contribution in [0, 0.1) is 0 Å². The highest BCUT2D eigenvalue weighted by Crippen LogP contribution is 2.15. The highest BCUT2D eigenvalue weighted by molar-refractivity contribution is 6.31. The number of aromatic hydroxyl groups is 1. The highest BCUT2D eigenvalue weighted by Gasteiger charge is 1.89. The van der Waals surface area contributed by atoms with Crippen molar-refractivity contribution in [2.24, 2.45) is 0 Å². The van der Waals surface area contributed by atoms with Gasteiger partial charge in [0.15, 0.2) is 0 Å². The molecule has 1 N–H and O–H groups in total. The van der Waals surface area contributed by atoms with Gasteiger partial charge in [-0.2, -0.15) is 0 Å². The number of para-hydroxylation sites is 1. The van der Waals surface area contributed by atoms with Gasteiger partial charge in [-0.1, -0.05) is 43.9 Å². The zero-order valence-corrected chi connectivity index (χ0v) is 9.16. The Bertz CT molecular complexity index is 233. The number of phenols is 1. The van der Waals surface area contributed by atoms with Crippen molar-refractivity contribution in [1.29, 1.82) is 0 Å². The van der Waals surface area contributed by atoms with Crippen LogP contribution in [0.3, 0.4) is 0 Å². The zero-order valence-electron chi connectivity index (χ0n) is 7.75. The Morgan fingerprint density at radius 3 is 2.17 bits per heavy atom. The van der Waals surface area contributed by atoms with Crippen molar-refractivity contribution in [3.8, 4) is 5.75 Å². The van der Waals surface area contributed by atoms with Gasteiger partial charge in [-0.3, -0.25) is 0 Å². The summed E-state index contributed by atoms with van der Waals surface area (Å²) in [5.41, 5.74) is 0.775. The Morgan fingerprint density at radius 2 is 1.83 bits per heavy atom. The average molecular weight is 180 g/mol. The van der Waals surface area contributed by atoms with Gasteiger partial charge in [-0.15, -0.1) is 0 Å². The zero-order chi connectivity index (χ0) is 9.40. The van der Waals surface area contributed by atoms with Crippen molar-refractivity contribution < 1.29 is 5.11 Å². The highest BCUT2D eigenvalue weighted by atomic mass is 28.2. The molecule has 66 valence electrons. The standard InChI is InChI=1S/C8H8O.C2H8Si/c1-2-7-5-3-4-6-8(7)9;1-3-2/h2-6,9H,1H2;3H2,1-2H3. The van der Waals surface area contributed by atoms with Crippen LogP contribution in [-0.2, 0) is 0 Å². The third-order valence-corrected chi connectivity index (χ3v) is 1.16. The second kappa shape index (κ2) is 6.67. The quantitative estimate of drug-likeness (QED) is 0.657. The van der Waals surface area contributed by atoms with Gasteiger partial charge in [-0.05, 0) is 6.07 Å². The molecule has 0 unspecified atom stereocenters. The lowest BCUT2D eigenvalue weighted by molar-refractivity contribution is 0.474. The lowest BCUT2D eigenvalue weighted by atomic mass is 10.2. The van der Waals surface area contributed by atoms with Crippen molar-refractivity contribution >= 4 is 15.6 Å². The molecule has 0 amide bonds. The molecule has 0 saturated heterocycles. The molecular formula is C10H16OSi. The Labute approximate surface area is 76.6 Å². The maximum Gasteiger partial charge on any atom is 0.122 e. The van der Waals surface area contributed by atoms with Gasteiger partial charge in [0.25, 0.3) is 0 Å². The number of hydrogen-bond donors (Lipinski definition) is 1. The molecule has 0 aliphatic heterocycles. The first-order valence-electron chi connectivity index (χ1n) is 4.16. The molecule has 1 rings (SSSR count). The second-order valence-electron chi connectivity index (χ2n) is 2.47. The third kappa shape index (κ3) is 3.98. The summed E-state index contributed by atoms with van der Waals surface area (Å²) in [4.78, 5) is 0. The lowest BCUT2D eigenvalue weighted by Crippen LogP contribution is -1.69. The van der Waals surface area contributed by atoms with Gasteiger partial charge in [0.1, 0.15) is 5.75 Å². The van der Waals surface area contributed by atoms with E-state index in [9.17, 15) is 0 Å². The maximum atomic E-state index is 9.04. The number of rotatable bonds is 1. The van der Waals surface area contributed by atoms with Crippen LogP contribution in [0.4, 0.5) is 0 Å². The van der Waals surface area contributed by atoms with Crippen LogP contribution >= 0.6 is 0 Å². The fraction of sp³-hybridized carbons (Fsp3) is 0.200. The van der Waals surface area contributed by atoms with E-state index in [4.69, 9.17) is 5.11 Å². The fourth-order valence-corrected chi connectivity index (χ4v) is 0.660. The topological polar surface area (TPSA) is 20.2 Å². The van der Waals surface area contributed by atoms with E-state index < -0.39 is 0 Å². The van der Waals surface area contributed by atoms with E-state index in [-0.39, 0.29) is 5.75 Å². The Morgan fingerprint density at radius 1 is 1.33 bits per heavy atom. The SMILES string of the molecule is C=Cc1ccccc1O.C[SiH2]C. The predicted molar refractivity (Wildman–Crippen MR) is 58.5 cm³/mol. The van der Waals surface area contributed by atoms with Crippen LogP contribution in [0.25, 0.3) is 6.08 Å². The average Bonchev–Trinajstić information content (AvgIpc) is 2.07. The Hall–Kier alpha value is -1.02. The molecule has 0 fully saturated rings. The molecule has 0 aromatic heterocycles. The minimum atomic E-state index is 0.285.